The van der Waals surface area contributed by atoms with Gasteiger partial charge in [0.1, 0.15) is 0 Å². The first-order valence-corrected chi connectivity index (χ1v) is 7.76. The van der Waals surface area contributed by atoms with Crippen LogP contribution in [0.2, 0.25) is 0 Å². The first-order valence-electron chi connectivity index (χ1n) is 7.76. The maximum atomic E-state index is 5.36. The van der Waals surface area contributed by atoms with Crippen molar-refractivity contribution in [2.75, 3.05) is 39.4 Å². The lowest BCUT2D eigenvalue weighted by molar-refractivity contribution is 0.0374. The van der Waals surface area contributed by atoms with Crippen LogP contribution in [-0.2, 0) is 11.3 Å². The van der Waals surface area contributed by atoms with Gasteiger partial charge < -0.3 is 10.1 Å². The molecule has 1 fully saturated rings. The molecule has 1 aliphatic heterocycles. The molecule has 2 aromatic rings. The first kappa shape index (κ1) is 14.4. The zero-order valence-corrected chi connectivity index (χ0v) is 12.4. The summed E-state index contributed by atoms with van der Waals surface area (Å²) in [5.41, 5.74) is 1.28. The highest BCUT2D eigenvalue weighted by molar-refractivity contribution is 5.84. The lowest BCUT2D eigenvalue weighted by atomic mass is 10.1. The summed E-state index contributed by atoms with van der Waals surface area (Å²) in [6, 6.07) is 8.43. The van der Waals surface area contributed by atoms with Gasteiger partial charge in [-0.25, -0.2) is 0 Å². The van der Waals surface area contributed by atoms with E-state index in [9.17, 15) is 0 Å². The van der Waals surface area contributed by atoms with Crippen LogP contribution in [0.15, 0.2) is 36.7 Å². The SMILES string of the molecule is c1ccc2c(CNCCCN3CCOCC3)cncc2c1. The summed E-state index contributed by atoms with van der Waals surface area (Å²) in [7, 11) is 0. The molecular weight excluding hydrogens is 262 g/mol. The lowest BCUT2D eigenvalue weighted by Gasteiger charge is -2.26. The number of hydrogen-bond donors (Lipinski definition) is 1. The Bertz CT molecular complexity index is 561. The molecule has 1 aromatic heterocycles. The third kappa shape index (κ3) is 4.00. The quantitative estimate of drug-likeness (QED) is 0.824. The van der Waals surface area contributed by atoms with Crippen LogP contribution in [0, 0.1) is 0 Å². The van der Waals surface area contributed by atoms with E-state index in [1.165, 1.54) is 22.8 Å². The van der Waals surface area contributed by atoms with Gasteiger partial charge in [0.2, 0.25) is 0 Å². The molecule has 0 atom stereocenters. The van der Waals surface area contributed by atoms with Crippen LogP contribution in [0.25, 0.3) is 10.8 Å². The van der Waals surface area contributed by atoms with E-state index in [0.29, 0.717) is 0 Å². The summed E-state index contributed by atoms with van der Waals surface area (Å²) in [4.78, 5) is 6.80. The van der Waals surface area contributed by atoms with Crippen molar-refractivity contribution in [3.05, 3.63) is 42.2 Å². The van der Waals surface area contributed by atoms with Crippen LogP contribution in [0.1, 0.15) is 12.0 Å². The van der Waals surface area contributed by atoms with Crippen LogP contribution >= 0.6 is 0 Å². The minimum Gasteiger partial charge on any atom is -0.379 e. The molecule has 2 heterocycles. The predicted molar refractivity (Wildman–Crippen MR) is 85.3 cm³/mol. The molecule has 112 valence electrons. The van der Waals surface area contributed by atoms with Gasteiger partial charge in [0.05, 0.1) is 13.2 Å². The third-order valence-corrected chi connectivity index (χ3v) is 4.00. The second kappa shape index (κ2) is 7.50. The number of ether oxygens (including phenoxy) is 1. The Labute approximate surface area is 126 Å². The molecule has 3 rings (SSSR count). The molecule has 4 heteroatoms. The molecule has 1 saturated heterocycles. The number of aromatic nitrogens is 1. The van der Waals surface area contributed by atoms with Crippen molar-refractivity contribution in [1.82, 2.24) is 15.2 Å². The fourth-order valence-electron chi connectivity index (χ4n) is 2.80. The van der Waals surface area contributed by atoms with Gasteiger partial charge in [-0.2, -0.15) is 0 Å². The van der Waals surface area contributed by atoms with Gasteiger partial charge in [-0.1, -0.05) is 24.3 Å². The maximum absolute atomic E-state index is 5.36. The standard InChI is InChI=1S/C17H23N3O/c1-2-5-17-15(4-1)12-19-14-16(17)13-18-6-3-7-20-8-10-21-11-9-20/h1-2,4-5,12,14,18H,3,6-11,13H2. The Morgan fingerprint density at radius 3 is 2.90 bits per heavy atom. The molecule has 21 heavy (non-hydrogen) atoms. The summed E-state index contributed by atoms with van der Waals surface area (Å²) >= 11 is 0. The van der Waals surface area contributed by atoms with Gasteiger partial charge in [0.25, 0.3) is 0 Å². The van der Waals surface area contributed by atoms with Crippen molar-refractivity contribution in [2.45, 2.75) is 13.0 Å². The van der Waals surface area contributed by atoms with Gasteiger partial charge in [-0.05, 0) is 30.5 Å². The van der Waals surface area contributed by atoms with Crippen molar-refractivity contribution in [2.24, 2.45) is 0 Å². The van der Waals surface area contributed by atoms with E-state index in [-0.39, 0.29) is 0 Å². The largest absolute Gasteiger partial charge is 0.379 e. The molecule has 1 N–H and O–H groups in total. The van der Waals surface area contributed by atoms with Crippen LogP contribution < -0.4 is 5.32 Å². The summed E-state index contributed by atoms with van der Waals surface area (Å²) < 4.78 is 5.36. The number of nitrogens with one attached hydrogen (secondary N) is 1. The molecule has 1 aromatic carbocycles. The van der Waals surface area contributed by atoms with E-state index in [2.05, 4.69) is 39.5 Å². The van der Waals surface area contributed by atoms with Crippen LogP contribution in [0.5, 0.6) is 0 Å². The van der Waals surface area contributed by atoms with E-state index in [1.807, 2.05) is 12.4 Å². The van der Waals surface area contributed by atoms with Gasteiger partial charge >= 0.3 is 0 Å². The average Bonchev–Trinajstić information content (AvgIpc) is 2.56. The number of fused-ring (bicyclic) bond motifs is 1. The maximum Gasteiger partial charge on any atom is 0.0594 e. The zero-order valence-electron chi connectivity index (χ0n) is 12.4. The van der Waals surface area contributed by atoms with Crippen molar-refractivity contribution < 1.29 is 4.74 Å². The average molecular weight is 285 g/mol. The molecule has 0 spiro atoms. The van der Waals surface area contributed by atoms with E-state index in [0.717, 1.165) is 45.9 Å². The summed E-state index contributed by atoms with van der Waals surface area (Å²) in [5.74, 6) is 0. The lowest BCUT2D eigenvalue weighted by Crippen LogP contribution is -2.37. The Kier molecular flexibility index (Phi) is 5.16. The van der Waals surface area contributed by atoms with E-state index in [4.69, 9.17) is 4.74 Å². The molecule has 1 aliphatic rings. The minimum atomic E-state index is 0.884. The normalized spacial score (nSPS) is 16.4. The van der Waals surface area contributed by atoms with E-state index in [1.54, 1.807) is 0 Å². The van der Waals surface area contributed by atoms with Gasteiger partial charge in [0.15, 0.2) is 0 Å². The fourth-order valence-corrected chi connectivity index (χ4v) is 2.80. The molecule has 0 radical (unpaired) electrons. The number of nitrogens with zero attached hydrogens (tertiary/aromatic N) is 2. The molecule has 0 bridgehead atoms. The summed E-state index contributed by atoms with van der Waals surface area (Å²) in [5, 5.41) is 6.05. The summed E-state index contributed by atoms with van der Waals surface area (Å²) in [6.45, 7) is 7.01. The second-order valence-electron chi connectivity index (χ2n) is 5.50. The number of hydrogen-bond acceptors (Lipinski definition) is 4. The fraction of sp³-hybridized carbons (Fsp3) is 0.471. The first-order chi connectivity index (χ1) is 10.4. The van der Waals surface area contributed by atoms with Gasteiger partial charge in [-0.15, -0.1) is 0 Å². The summed E-state index contributed by atoms with van der Waals surface area (Å²) in [6.07, 6.45) is 5.08. The smallest absolute Gasteiger partial charge is 0.0594 e. The Morgan fingerprint density at radius 2 is 2.00 bits per heavy atom. The number of pyridine rings is 1. The Balaban J connectivity index is 1.44. The van der Waals surface area contributed by atoms with Crippen molar-refractivity contribution >= 4 is 10.8 Å². The Morgan fingerprint density at radius 1 is 1.14 bits per heavy atom. The van der Waals surface area contributed by atoms with Gasteiger partial charge in [0, 0.05) is 37.4 Å². The number of rotatable bonds is 6. The van der Waals surface area contributed by atoms with E-state index < -0.39 is 0 Å². The van der Waals surface area contributed by atoms with Crippen molar-refractivity contribution in [1.29, 1.82) is 0 Å². The minimum absolute atomic E-state index is 0.884. The van der Waals surface area contributed by atoms with Crippen molar-refractivity contribution in [3.63, 3.8) is 0 Å². The molecular formula is C17H23N3O. The molecule has 0 saturated carbocycles. The third-order valence-electron chi connectivity index (χ3n) is 4.00. The van der Waals surface area contributed by atoms with E-state index >= 15 is 0 Å². The van der Waals surface area contributed by atoms with Crippen LogP contribution in [-0.4, -0.2) is 49.3 Å². The Hall–Kier alpha value is -1.49. The monoisotopic (exact) mass is 285 g/mol. The zero-order chi connectivity index (χ0) is 14.3. The predicted octanol–water partition coefficient (Wildman–Crippen LogP) is 2.05. The highest BCUT2D eigenvalue weighted by Crippen LogP contribution is 2.16. The molecule has 0 aliphatic carbocycles. The van der Waals surface area contributed by atoms with Crippen LogP contribution in [0.3, 0.4) is 0 Å². The highest BCUT2D eigenvalue weighted by Gasteiger charge is 2.09. The second-order valence-corrected chi connectivity index (χ2v) is 5.50. The molecule has 0 amide bonds. The number of benzene rings is 1. The van der Waals surface area contributed by atoms with Crippen molar-refractivity contribution in [3.8, 4) is 0 Å². The molecule has 4 nitrogen and oxygen atoms in total. The molecule has 0 unspecified atom stereocenters. The highest BCUT2D eigenvalue weighted by atomic mass is 16.5. The van der Waals surface area contributed by atoms with Crippen LogP contribution in [0.4, 0.5) is 0 Å². The topological polar surface area (TPSA) is 37.4 Å². The van der Waals surface area contributed by atoms with Gasteiger partial charge in [-0.3, -0.25) is 9.88 Å². The number of morpholine rings is 1.